The Bertz CT molecular complexity index is 297. The summed E-state index contributed by atoms with van der Waals surface area (Å²) < 4.78 is 0. The van der Waals surface area contributed by atoms with Gasteiger partial charge in [-0.15, -0.1) is 0 Å². The van der Waals surface area contributed by atoms with Gasteiger partial charge in [-0.25, -0.2) is 0 Å². The van der Waals surface area contributed by atoms with Crippen molar-refractivity contribution >= 4 is 11.4 Å². The molecule has 0 aliphatic heterocycles. The molecular formula is C9H13N3O. The first-order valence-corrected chi connectivity index (χ1v) is 4.40. The second-order valence-electron chi connectivity index (χ2n) is 3.43. The molecule has 2 rings (SSSR count). The maximum Gasteiger partial charge on any atom is 0.0762 e. The Labute approximate surface area is 76.8 Å². The maximum atomic E-state index is 9.08. The molecule has 1 aliphatic carbocycles. The Morgan fingerprint density at radius 1 is 1.54 bits per heavy atom. The molecule has 0 saturated heterocycles. The Kier molecular flexibility index (Phi) is 2.06. The lowest BCUT2D eigenvalue weighted by molar-refractivity contribution is 0.0837. The van der Waals surface area contributed by atoms with E-state index in [9.17, 15) is 0 Å². The van der Waals surface area contributed by atoms with Crippen LogP contribution in [0.3, 0.4) is 0 Å². The average molecular weight is 179 g/mol. The lowest BCUT2D eigenvalue weighted by atomic mass is 9.89. The highest BCUT2D eigenvalue weighted by molar-refractivity contribution is 5.64. The van der Waals surface area contributed by atoms with E-state index in [1.54, 1.807) is 18.5 Å². The first kappa shape index (κ1) is 8.31. The van der Waals surface area contributed by atoms with Gasteiger partial charge in [0.15, 0.2) is 0 Å². The molecule has 0 bridgehead atoms. The van der Waals surface area contributed by atoms with E-state index in [0.717, 1.165) is 18.5 Å². The number of nitrogens with zero attached hydrogens (tertiary/aromatic N) is 1. The average Bonchev–Trinajstić information content (AvgIpc) is 2.06. The van der Waals surface area contributed by atoms with Crippen molar-refractivity contribution in [2.24, 2.45) is 0 Å². The van der Waals surface area contributed by atoms with Crippen LogP contribution in [-0.4, -0.2) is 22.2 Å². The third-order valence-electron chi connectivity index (χ3n) is 2.33. The zero-order valence-electron chi connectivity index (χ0n) is 7.27. The van der Waals surface area contributed by atoms with Crippen molar-refractivity contribution in [2.45, 2.75) is 25.0 Å². The van der Waals surface area contributed by atoms with Gasteiger partial charge in [-0.3, -0.25) is 4.98 Å². The van der Waals surface area contributed by atoms with E-state index in [1.807, 2.05) is 0 Å². The molecule has 1 heterocycles. The van der Waals surface area contributed by atoms with Gasteiger partial charge in [-0.05, 0) is 18.9 Å². The lowest BCUT2D eigenvalue weighted by Gasteiger charge is -2.32. The molecule has 1 aromatic rings. The van der Waals surface area contributed by atoms with Crippen molar-refractivity contribution in [2.75, 3.05) is 11.1 Å². The first-order chi connectivity index (χ1) is 6.25. The van der Waals surface area contributed by atoms with Crippen molar-refractivity contribution in [3.05, 3.63) is 18.5 Å². The summed E-state index contributed by atoms with van der Waals surface area (Å²) in [6.45, 7) is 0. The number of rotatable bonds is 2. The summed E-state index contributed by atoms with van der Waals surface area (Å²) in [5.74, 6) is 0. The molecule has 1 aromatic heterocycles. The van der Waals surface area contributed by atoms with Gasteiger partial charge in [-0.1, -0.05) is 0 Å². The van der Waals surface area contributed by atoms with Gasteiger partial charge in [-0.2, -0.15) is 0 Å². The van der Waals surface area contributed by atoms with Crippen LogP contribution in [0.5, 0.6) is 0 Å². The van der Waals surface area contributed by atoms with Crippen LogP contribution in [0.4, 0.5) is 11.4 Å². The molecule has 0 amide bonds. The number of nitrogens with one attached hydrogen (secondary N) is 1. The van der Waals surface area contributed by atoms with E-state index in [2.05, 4.69) is 10.3 Å². The Hall–Kier alpha value is -1.29. The van der Waals surface area contributed by atoms with Gasteiger partial charge >= 0.3 is 0 Å². The molecule has 13 heavy (non-hydrogen) atoms. The summed E-state index contributed by atoms with van der Waals surface area (Å²) >= 11 is 0. The lowest BCUT2D eigenvalue weighted by Crippen LogP contribution is -2.39. The molecule has 0 unspecified atom stereocenters. The van der Waals surface area contributed by atoms with Crippen LogP contribution in [0, 0.1) is 0 Å². The van der Waals surface area contributed by atoms with Crippen LogP contribution >= 0.6 is 0 Å². The number of hydrogen-bond donors (Lipinski definition) is 3. The van der Waals surface area contributed by atoms with Crippen molar-refractivity contribution in [3.63, 3.8) is 0 Å². The summed E-state index contributed by atoms with van der Waals surface area (Å²) in [6.07, 6.45) is 4.83. The van der Waals surface area contributed by atoms with Gasteiger partial charge in [0.05, 0.1) is 23.7 Å². The Morgan fingerprint density at radius 2 is 2.31 bits per heavy atom. The highest BCUT2D eigenvalue weighted by Gasteiger charge is 2.27. The molecule has 1 saturated carbocycles. The van der Waals surface area contributed by atoms with Gasteiger partial charge < -0.3 is 16.2 Å². The van der Waals surface area contributed by atoms with E-state index >= 15 is 0 Å². The molecular weight excluding hydrogens is 166 g/mol. The largest absolute Gasteiger partial charge is 0.397 e. The zero-order chi connectivity index (χ0) is 9.26. The van der Waals surface area contributed by atoms with Crippen molar-refractivity contribution in [1.82, 2.24) is 4.98 Å². The zero-order valence-corrected chi connectivity index (χ0v) is 7.27. The number of nitrogen functional groups attached to an aromatic ring is 1. The number of aliphatic hydroxyl groups is 1. The summed E-state index contributed by atoms with van der Waals surface area (Å²) in [5.41, 5.74) is 7.28. The molecule has 70 valence electrons. The van der Waals surface area contributed by atoms with Crippen molar-refractivity contribution in [1.29, 1.82) is 0 Å². The standard InChI is InChI=1S/C9H13N3O/c10-8-1-2-11-5-9(8)12-6-3-7(13)4-6/h1-2,5-7,12-13H,3-4H2,(H2,10,11). The second kappa shape index (κ2) is 3.22. The van der Waals surface area contributed by atoms with Gasteiger partial charge in [0.2, 0.25) is 0 Å². The number of aliphatic hydroxyl groups excluding tert-OH is 1. The molecule has 1 fully saturated rings. The fraction of sp³-hybridized carbons (Fsp3) is 0.444. The molecule has 0 aromatic carbocycles. The highest BCUT2D eigenvalue weighted by atomic mass is 16.3. The monoisotopic (exact) mass is 179 g/mol. The van der Waals surface area contributed by atoms with Crippen LogP contribution in [0.1, 0.15) is 12.8 Å². The predicted octanol–water partition coefficient (Wildman–Crippen LogP) is 0.599. The molecule has 4 nitrogen and oxygen atoms in total. The third-order valence-corrected chi connectivity index (χ3v) is 2.33. The van der Waals surface area contributed by atoms with Crippen molar-refractivity contribution in [3.8, 4) is 0 Å². The smallest absolute Gasteiger partial charge is 0.0762 e. The number of hydrogen-bond acceptors (Lipinski definition) is 4. The second-order valence-corrected chi connectivity index (χ2v) is 3.43. The molecule has 0 radical (unpaired) electrons. The Morgan fingerprint density at radius 3 is 2.92 bits per heavy atom. The minimum absolute atomic E-state index is 0.143. The number of pyridine rings is 1. The molecule has 0 spiro atoms. The summed E-state index contributed by atoms with van der Waals surface area (Å²) in [5, 5.41) is 12.3. The molecule has 1 aliphatic rings. The fourth-order valence-corrected chi connectivity index (χ4v) is 1.45. The topological polar surface area (TPSA) is 71.2 Å². The quantitative estimate of drug-likeness (QED) is 0.621. The SMILES string of the molecule is Nc1ccncc1NC1CC(O)C1. The fourth-order valence-electron chi connectivity index (χ4n) is 1.45. The van der Waals surface area contributed by atoms with Gasteiger partial charge in [0, 0.05) is 12.2 Å². The maximum absolute atomic E-state index is 9.08. The van der Waals surface area contributed by atoms with E-state index in [1.165, 1.54) is 0 Å². The van der Waals surface area contributed by atoms with Crippen LogP contribution in [-0.2, 0) is 0 Å². The number of aromatic nitrogens is 1. The first-order valence-electron chi connectivity index (χ1n) is 4.40. The van der Waals surface area contributed by atoms with Gasteiger partial charge in [0.1, 0.15) is 0 Å². The normalized spacial score (nSPS) is 26.5. The number of nitrogens with two attached hydrogens (primary N) is 1. The summed E-state index contributed by atoms with van der Waals surface area (Å²) in [4.78, 5) is 3.97. The van der Waals surface area contributed by atoms with Crippen LogP contribution < -0.4 is 11.1 Å². The van der Waals surface area contributed by atoms with E-state index in [4.69, 9.17) is 10.8 Å². The minimum atomic E-state index is -0.143. The predicted molar refractivity (Wildman–Crippen MR) is 51.3 cm³/mol. The third kappa shape index (κ3) is 1.72. The summed E-state index contributed by atoms with van der Waals surface area (Å²) in [7, 11) is 0. The molecule has 0 atom stereocenters. The van der Waals surface area contributed by atoms with E-state index in [-0.39, 0.29) is 6.10 Å². The van der Waals surface area contributed by atoms with Crippen LogP contribution in [0.2, 0.25) is 0 Å². The highest BCUT2D eigenvalue weighted by Crippen LogP contribution is 2.25. The van der Waals surface area contributed by atoms with E-state index < -0.39 is 0 Å². The van der Waals surface area contributed by atoms with Gasteiger partial charge in [0.25, 0.3) is 0 Å². The summed E-state index contributed by atoms with van der Waals surface area (Å²) in [6, 6.07) is 2.11. The van der Waals surface area contributed by atoms with E-state index in [0.29, 0.717) is 11.7 Å². The molecule has 4 N–H and O–H groups in total. The van der Waals surface area contributed by atoms with Crippen LogP contribution in [0.25, 0.3) is 0 Å². The van der Waals surface area contributed by atoms with Crippen LogP contribution in [0.15, 0.2) is 18.5 Å². The minimum Gasteiger partial charge on any atom is -0.397 e. The Balaban J connectivity index is 1.98. The molecule has 4 heteroatoms. The van der Waals surface area contributed by atoms with Crippen molar-refractivity contribution < 1.29 is 5.11 Å². The number of anilines is 2.